The largest absolute Gasteiger partial charge is 0.322 e. The number of nitro groups is 1. The first-order valence-corrected chi connectivity index (χ1v) is 9.26. The molecule has 1 aliphatic rings. The predicted molar refractivity (Wildman–Crippen MR) is 101 cm³/mol. The smallest absolute Gasteiger partial charge is 0.282 e. The third-order valence-electron chi connectivity index (χ3n) is 4.13. The van der Waals surface area contributed by atoms with E-state index >= 15 is 0 Å². The average molecular weight is 371 g/mol. The maximum Gasteiger partial charge on any atom is 0.282 e. The number of nitro benzene ring substituents is 1. The molecule has 1 N–H and O–H groups in total. The second-order valence-corrected chi connectivity index (χ2v) is 6.67. The van der Waals surface area contributed by atoms with Crippen LogP contribution in [0, 0.1) is 10.1 Å². The molecule has 26 heavy (non-hydrogen) atoms. The molecule has 7 nitrogen and oxygen atoms in total. The maximum absolute atomic E-state index is 12.6. The summed E-state index contributed by atoms with van der Waals surface area (Å²) in [6.45, 7) is 0.650. The lowest BCUT2D eigenvalue weighted by Gasteiger charge is -2.16. The van der Waals surface area contributed by atoms with Gasteiger partial charge in [-0.1, -0.05) is 6.07 Å². The van der Waals surface area contributed by atoms with Gasteiger partial charge < -0.3 is 10.2 Å². The molecule has 1 saturated heterocycles. The fourth-order valence-electron chi connectivity index (χ4n) is 2.85. The van der Waals surface area contributed by atoms with Gasteiger partial charge in [0.1, 0.15) is 5.56 Å². The molecule has 0 spiro atoms. The highest BCUT2D eigenvalue weighted by Gasteiger charge is 2.23. The van der Waals surface area contributed by atoms with Crippen molar-refractivity contribution in [1.29, 1.82) is 0 Å². The Morgan fingerprint density at radius 2 is 2.08 bits per heavy atom. The lowest BCUT2D eigenvalue weighted by Crippen LogP contribution is -2.23. The predicted octanol–water partition coefficient (Wildman–Crippen LogP) is 3.70. The summed E-state index contributed by atoms with van der Waals surface area (Å²) in [6, 6.07) is 11.4. The Hall–Kier alpha value is -2.87. The number of hydrogen-bond acceptors (Lipinski definition) is 5. The van der Waals surface area contributed by atoms with Crippen molar-refractivity contribution in [2.75, 3.05) is 23.0 Å². The van der Waals surface area contributed by atoms with Crippen molar-refractivity contribution in [2.45, 2.75) is 17.7 Å². The van der Waals surface area contributed by atoms with Crippen LogP contribution in [0.1, 0.15) is 23.2 Å². The molecule has 0 bridgehead atoms. The van der Waals surface area contributed by atoms with Gasteiger partial charge >= 0.3 is 0 Å². The number of carbonyl (C=O) groups excluding carboxylic acids is 2. The summed E-state index contributed by atoms with van der Waals surface area (Å²) in [4.78, 5) is 37.6. The molecule has 3 rings (SSSR count). The van der Waals surface area contributed by atoms with Crippen molar-refractivity contribution in [2.24, 2.45) is 0 Å². The van der Waals surface area contributed by atoms with E-state index in [2.05, 4.69) is 5.32 Å². The number of hydrogen-bond donors (Lipinski definition) is 1. The third kappa shape index (κ3) is 3.70. The summed E-state index contributed by atoms with van der Waals surface area (Å²) in [5, 5.41) is 13.9. The van der Waals surface area contributed by atoms with E-state index in [1.54, 1.807) is 35.2 Å². The lowest BCUT2D eigenvalue weighted by molar-refractivity contribution is -0.385. The molecule has 2 aromatic carbocycles. The van der Waals surface area contributed by atoms with E-state index in [9.17, 15) is 19.7 Å². The van der Waals surface area contributed by atoms with Crippen molar-refractivity contribution in [3.63, 3.8) is 0 Å². The zero-order valence-corrected chi connectivity index (χ0v) is 14.9. The van der Waals surface area contributed by atoms with Gasteiger partial charge in [-0.05, 0) is 43.0 Å². The maximum atomic E-state index is 12.6. The Labute approximate surface area is 154 Å². The first-order chi connectivity index (χ1) is 12.5. The number of nitrogens with one attached hydrogen (secondary N) is 1. The van der Waals surface area contributed by atoms with Gasteiger partial charge in [0, 0.05) is 35.3 Å². The van der Waals surface area contributed by atoms with Crippen molar-refractivity contribution in [3.05, 3.63) is 58.1 Å². The Morgan fingerprint density at radius 1 is 1.27 bits per heavy atom. The number of carbonyl (C=O) groups is 2. The van der Waals surface area contributed by atoms with Crippen molar-refractivity contribution < 1.29 is 14.5 Å². The molecule has 1 heterocycles. The molecule has 2 amide bonds. The Morgan fingerprint density at radius 3 is 2.73 bits per heavy atom. The average Bonchev–Trinajstić information content (AvgIpc) is 3.07. The number of nitrogens with zero attached hydrogens (tertiary/aromatic N) is 2. The zero-order chi connectivity index (χ0) is 18.7. The zero-order valence-electron chi connectivity index (χ0n) is 14.1. The van der Waals surface area contributed by atoms with Gasteiger partial charge in [0.15, 0.2) is 0 Å². The van der Waals surface area contributed by atoms with Crippen LogP contribution in [0.2, 0.25) is 0 Å². The molecule has 0 saturated carbocycles. The van der Waals surface area contributed by atoms with E-state index in [0.29, 0.717) is 24.3 Å². The molecule has 1 aliphatic heterocycles. The summed E-state index contributed by atoms with van der Waals surface area (Å²) in [6.07, 6.45) is 3.16. The second kappa shape index (κ2) is 7.57. The van der Waals surface area contributed by atoms with Gasteiger partial charge in [-0.2, -0.15) is 0 Å². The highest BCUT2D eigenvalue weighted by molar-refractivity contribution is 7.98. The van der Waals surface area contributed by atoms with E-state index in [4.69, 9.17) is 0 Å². The Balaban J connectivity index is 1.86. The first kappa shape index (κ1) is 17.9. The van der Waals surface area contributed by atoms with E-state index < -0.39 is 10.8 Å². The number of benzene rings is 2. The molecule has 2 aromatic rings. The van der Waals surface area contributed by atoms with Gasteiger partial charge in [0.2, 0.25) is 5.91 Å². The highest BCUT2D eigenvalue weighted by atomic mass is 32.2. The van der Waals surface area contributed by atoms with Crippen LogP contribution < -0.4 is 10.2 Å². The van der Waals surface area contributed by atoms with Gasteiger partial charge in [-0.25, -0.2) is 0 Å². The lowest BCUT2D eigenvalue weighted by atomic mass is 10.1. The molecule has 0 aromatic heterocycles. The van der Waals surface area contributed by atoms with Crippen LogP contribution >= 0.6 is 11.8 Å². The topological polar surface area (TPSA) is 92.5 Å². The van der Waals surface area contributed by atoms with Gasteiger partial charge in [0.05, 0.1) is 4.92 Å². The second-order valence-electron chi connectivity index (χ2n) is 5.79. The molecule has 0 radical (unpaired) electrons. The van der Waals surface area contributed by atoms with Crippen molar-refractivity contribution in [3.8, 4) is 0 Å². The van der Waals surface area contributed by atoms with Crippen molar-refractivity contribution in [1.82, 2.24) is 0 Å². The Bertz CT molecular complexity index is 884. The van der Waals surface area contributed by atoms with Crippen LogP contribution in [0.25, 0.3) is 0 Å². The minimum atomic E-state index is -0.571. The van der Waals surface area contributed by atoms with Crippen LogP contribution in [0.4, 0.5) is 17.1 Å². The van der Waals surface area contributed by atoms with Crippen LogP contribution in [-0.2, 0) is 4.79 Å². The summed E-state index contributed by atoms with van der Waals surface area (Å²) < 4.78 is 0. The molecule has 8 heteroatoms. The molecule has 0 unspecified atom stereocenters. The molecular weight excluding hydrogens is 354 g/mol. The molecule has 0 atom stereocenters. The van der Waals surface area contributed by atoms with Crippen LogP contribution in [0.3, 0.4) is 0 Å². The van der Waals surface area contributed by atoms with Gasteiger partial charge in [0.25, 0.3) is 11.6 Å². The summed E-state index contributed by atoms with van der Waals surface area (Å²) >= 11 is 1.40. The van der Waals surface area contributed by atoms with Crippen LogP contribution in [0.5, 0.6) is 0 Å². The minimum Gasteiger partial charge on any atom is -0.322 e. The standard InChI is InChI=1S/C18H17N3O4S/c1-26-14-7-8-16(21(24)25)15(11-14)18(23)19-12-4-2-5-13(10-12)20-9-3-6-17(20)22/h2,4-5,7-8,10-11H,3,6,9H2,1H3,(H,19,23). The highest BCUT2D eigenvalue weighted by Crippen LogP contribution is 2.27. The van der Waals surface area contributed by atoms with Gasteiger partial charge in [-0.3, -0.25) is 19.7 Å². The van der Waals surface area contributed by atoms with E-state index in [1.807, 2.05) is 6.26 Å². The van der Waals surface area contributed by atoms with Gasteiger partial charge in [-0.15, -0.1) is 11.8 Å². The Kier molecular flexibility index (Phi) is 5.22. The number of anilines is 2. The monoisotopic (exact) mass is 371 g/mol. The number of amides is 2. The summed E-state index contributed by atoms with van der Waals surface area (Å²) in [7, 11) is 0. The van der Waals surface area contributed by atoms with E-state index in [0.717, 1.165) is 11.3 Å². The number of rotatable bonds is 5. The third-order valence-corrected chi connectivity index (χ3v) is 4.86. The van der Waals surface area contributed by atoms with Crippen LogP contribution in [0.15, 0.2) is 47.4 Å². The van der Waals surface area contributed by atoms with E-state index in [-0.39, 0.29) is 17.2 Å². The first-order valence-electron chi connectivity index (χ1n) is 8.04. The summed E-state index contributed by atoms with van der Waals surface area (Å²) in [5.74, 6) is -0.505. The molecular formula is C18H17N3O4S. The summed E-state index contributed by atoms with van der Waals surface area (Å²) in [5.41, 5.74) is 0.949. The minimum absolute atomic E-state index is 0.00417. The van der Waals surface area contributed by atoms with Crippen molar-refractivity contribution >= 4 is 40.6 Å². The SMILES string of the molecule is CSc1ccc([N+](=O)[O-])c(C(=O)Nc2cccc(N3CCCC3=O)c2)c1. The quantitative estimate of drug-likeness (QED) is 0.491. The van der Waals surface area contributed by atoms with E-state index in [1.165, 1.54) is 23.9 Å². The molecule has 1 fully saturated rings. The van der Waals surface area contributed by atoms with Crippen LogP contribution in [-0.4, -0.2) is 29.5 Å². The molecule has 0 aliphatic carbocycles. The fraction of sp³-hybridized carbons (Fsp3) is 0.222. The molecule has 134 valence electrons. The number of thioether (sulfide) groups is 1. The normalized spacial score (nSPS) is 13.7. The fourth-order valence-corrected chi connectivity index (χ4v) is 3.29.